The SMILES string of the molecule is Cc1c(-c2cnn(C)c2I)nn(C)c1N. The fourth-order valence-electron chi connectivity index (χ4n) is 1.48. The number of nitrogens with zero attached hydrogens (tertiary/aromatic N) is 4. The van der Waals surface area contributed by atoms with Gasteiger partial charge in [-0.25, -0.2) is 0 Å². The van der Waals surface area contributed by atoms with Crippen molar-refractivity contribution >= 4 is 28.4 Å². The zero-order chi connectivity index (χ0) is 11.2. The smallest absolute Gasteiger partial charge is 0.124 e. The predicted molar refractivity (Wildman–Crippen MR) is 67.3 cm³/mol. The summed E-state index contributed by atoms with van der Waals surface area (Å²) in [6.45, 7) is 1.97. The highest BCUT2D eigenvalue weighted by Gasteiger charge is 2.16. The number of rotatable bonds is 1. The van der Waals surface area contributed by atoms with E-state index in [0.717, 1.165) is 20.5 Å². The minimum atomic E-state index is 0.699. The molecule has 0 spiro atoms. The van der Waals surface area contributed by atoms with Crippen molar-refractivity contribution in [1.29, 1.82) is 0 Å². The molecule has 0 radical (unpaired) electrons. The Morgan fingerprint density at radius 1 is 1.33 bits per heavy atom. The average Bonchev–Trinajstić information content (AvgIpc) is 2.64. The van der Waals surface area contributed by atoms with Crippen LogP contribution in [0.4, 0.5) is 5.82 Å². The zero-order valence-electron chi connectivity index (χ0n) is 8.82. The molecule has 0 aliphatic rings. The first-order chi connectivity index (χ1) is 7.02. The molecule has 6 heteroatoms. The number of aryl methyl sites for hydroxylation is 2. The van der Waals surface area contributed by atoms with Gasteiger partial charge in [0.2, 0.25) is 0 Å². The van der Waals surface area contributed by atoms with E-state index in [9.17, 15) is 0 Å². The van der Waals surface area contributed by atoms with E-state index < -0.39 is 0 Å². The van der Waals surface area contributed by atoms with Crippen molar-refractivity contribution < 1.29 is 0 Å². The molecule has 0 fully saturated rings. The summed E-state index contributed by atoms with van der Waals surface area (Å²) in [4.78, 5) is 0. The van der Waals surface area contributed by atoms with E-state index >= 15 is 0 Å². The third kappa shape index (κ3) is 1.52. The summed E-state index contributed by atoms with van der Waals surface area (Å²) in [5.41, 5.74) is 8.81. The van der Waals surface area contributed by atoms with Gasteiger partial charge in [0.15, 0.2) is 0 Å². The number of halogens is 1. The van der Waals surface area contributed by atoms with Gasteiger partial charge in [-0.2, -0.15) is 10.2 Å². The van der Waals surface area contributed by atoms with Crippen molar-refractivity contribution in [3.63, 3.8) is 0 Å². The number of anilines is 1. The number of aromatic nitrogens is 4. The Morgan fingerprint density at radius 3 is 2.40 bits per heavy atom. The van der Waals surface area contributed by atoms with Gasteiger partial charge >= 0.3 is 0 Å². The normalized spacial score (nSPS) is 10.9. The van der Waals surface area contributed by atoms with Crippen molar-refractivity contribution in [2.75, 3.05) is 5.73 Å². The van der Waals surface area contributed by atoms with E-state index in [0.29, 0.717) is 5.82 Å². The van der Waals surface area contributed by atoms with Crippen molar-refractivity contribution in [2.45, 2.75) is 6.92 Å². The van der Waals surface area contributed by atoms with Crippen LogP contribution in [0.5, 0.6) is 0 Å². The summed E-state index contributed by atoms with van der Waals surface area (Å²) in [6.07, 6.45) is 1.82. The van der Waals surface area contributed by atoms with Crippen molar-refractivity contribution in [2.24, 2.45) is 14.1 Å². The van der Waals surface area contributed by atoms with Crippen LogP contribution in [0.3, 0.4) is 0 Å². The molecule has 0 aliphatic carbocycles. The van der Waals surface area contributed by atoms with E-state index in [2.05, 4.69) is 32.8 Å². The van der Waals surface area contributed by atoms with E-state index in [1.165, 1.54) is 0 Å². The molecule has 5 nitrogen and oxygen atoms in total. The molecule has 0 amide bonds. The molecule has 0 saturated carbocycles. The van der Waals surface area contributed by atoms with E-state index in [1.807, 2.05) is 31.9 Å². The molecular formula is C9H12IN5. The van der Waals surface area contributed by atoms with Gasteiger partial charge in [-0.1, -0.05) is 0 Å². The highest BCUT2D eigenvalue weighted by atomic mass is 127. The highest BCUT2D eigenvalue weighted by Crippen LogP contribution is 2.28. The van der Waals surface area contributed by atoms with Gasteiger partial charge in [0, 0.05) is 19.7 Å². The topological polar surface area (TPSA) is 61.7 Å². The summed E-state index contributed by atoms with van der Waals surface area (Å²) in [6, 6.07) is 0. The van der Waals surface area contributed by atoms with E-state index in [4.69, 9.17) is 5.73 Å². The van der Waals surface area contributed by atoms with Crippen LogP contribution in [0.2, 0.25) is 0 Å². The summed E-state index contributed by atoms with van der Waals surface area (Å²) in [5.74, 6) is 0.699. The first kappa shape index (κ1) is 10.5. The lowest BCUT2D eigenvalue weighted by molar-refractivity contribution is 0.747. The van der Waals surface area contributed by atoms with Crippen LogP contribution in [0.25, 0.3) is 11.3 Å². The number of hydrogen-bond donors (Lipinski definition) is 1. The average molecular weight is 317 g/mol. The second kappa shape index (κ2) is 3.51. The molecule has 80 valence electrons. The minimum absolute atomic E-state index is 0.699. The monoisotopic (exact) mass is 317 g/mol. The lowest BCUT2D eigenvalue weighted by Crippen LogP contribution is -1.97. The molecule has 2 aromatic rings. The van der Waals surface area contributed by atoms with Crippen molar-refractivity contribution in [3.05, 3.63) is 15.5 Å². The Morgan fingerprint density at radius 2 is 2.00 bits per heavy atom. The predicted octanol–water partition coefficient (Wildman–Crippen LogP) is 1.32. The summed E-state index contributed by atoms with van der Waals surface area (Å²) in [5, 5.41) is 8.58. The van der Waals surface area contributed by atoms with Crippen molar-refractivity contribution in [1.82, 2.24) is 19.6 Å². The molecule has 0 aliphatic heterocycles. The number of nitrogen functional groups attached to an aromatic ring is 1. The molecule has 0 unspecified atom stereocenters. The van der Waals surface area contributed by atoms with Crippen LogP contribution in [0.15, 0.2) is 6.20 Å². The zero-order valence-corrected chi connectivity index (χ0v) is 11.0. The van der Waals surface area contributed by atoms with Crippen LogP contribution >= 0.6 is 22.6 Å². The fraction of sp³-hybridized carbons (Fsp3) is 0.333. The Kier molecular flexibility index (Phi) is 2.45. The molecule has 0 aromatic carbocycles. The molecule has 0 bridgehead atoms. The maximum atomic E-state index is 5.87. The largest absolute Gasteiger partial charge is 0.384 e. The number of hydrogen-bond acceptors (Lipinski definition) is 3. The van der Waals surface area contributed by atoms with Crippen LogP contribution in [0.1, 0.15) is 5.56 Å². The standard InChI is InChI=1S/C9H12IN5/c1-5-7(13-15(3)9(5)11)6-4-12-14(2)8(6)10/h4H,11H2,1-3H3. The van der Waals surface area contributed by atoms with E-state index in [-0.39, 0.29) is 0 Å². The van der Waals surface area contributed by atoms with Gasteiger partial charge in [-0.3, -0.25) is 9.36 Å². The lowest BCUT2D eigenvalue weighted by Gasteiger charge is -1.96. The van der Waals surface area contributed by atoms with Crippen molar-refractivity contribution in [3.8, 4) is 11.3 Å². The Bertz CT molecular complexity index is 511. The molecule has 2 rings (SSSR count). The summed E-state index contributed by atoms with van der Waals surface area (Å²) in [7, 11) is 3.75. The van der Waals surface area contributed by atoms with Gasteiger partial charge in [0.25, 0.3) is 0 Å². The van der Waals surface area contributed by atoms with Crippen LogP contribution in [-0.4, -0.2) is 19.6 Å². The fourth-order valence-corrected chi connectivity index (χ4v) is 2.00. The van der Waals surface area contributed by atoms with Crippen LogP contribution in [0, 0.1) is 10.6 Å². The summed E-state index contributed by atoms with van der Waals surface area (Å²) >= 11 is 2.25. The highest BCUT2D eigenvalue weighted by molar-refractivity contribution is 14.1. The van der Waals surface area contributed by atoms with Gasteiger partial charge in [0.05, 0.1) is 11.8 Å². The maximum Gasteiger partial charge on any atom is 0.124 e. The van der Waals surface area contributed by atoms with E-state index in [1.54, 1.807) is 4.68 Å². The Balaban J connectivity index is 2.64. The van der Waals surface area contributed by atoms with Crippen LogP contribution < -0.4 is 5.73 Å². The molecule has 0 atom stereocenters. The third-order valence-electron chi connectivity index (χ3n) is 2.46. The lowest BCUT2D eigenvalue weighted by atomic mass is 10.2. The first-order valence-corrected chi connectivity index (χ1v) is 5.57. The number of nitrogens with two attached hydrogens (primary N) is 1. The molecule has 2 heterocycles. The first-order valence-electron chi connectivity index (χ1n) is 4.49. The molecular weight excluding hydrogens is 305 g/mol. The molecule has 15 heavy (non-hydrogen) atoms. The molecule has 2 N–H and O–H groups in total. The maximum absolute atomic E-state index is 5.87. The third-order valence-corrected chi connectivity index (χ3v) is 3.74. The minimum Gasteiger partial charge on any atom is -0.384 e. The van der Waals surface area contributed by atoms with Gasteiger partial charge in [0.1, 0.15) is 15.2 Å². The second-order valence-corrected chi connectivity index (χ2v) is 4.48. The summed E-state index contributed by atoms with van der Waals surface area (Å²) < 4.78 is 4.57. The second-order valence-electron chi connectivity index (χ2n) is 3.46. The quantitative estimate of drug-likeness (QED) is 0.807. The van der Waals surface area contributed by atoms with Crippen LogP contribution in [-0.2, 0) is 14.1 Å². The molecule has 0 saturated heterocycles. The Labute approximate surface area is 101 Å². The molecule has 2 aromatic heterocycles. The van der Waals surface area contributed by atoms with Gasteiger partial charge < -0.3 is 5.73 Å². The Hall–Kier alpha value is -1.05. The van der Waals surface area contributed by atoms with Gasteiger partial charge in [-0.15, -0.1) is 0 Å². The van der Waals surface area contributed by atoms with Gasteiger partial charge in [-0.05, 0) is 29.5 Å².